The molecule has 0 heterocycles. The van der Waals surface area contributed by atoms with Gasteiger partial charge in [-0.25, -0.2) is 0 Å². The minimum atomic E-state index is -0.702. The Morgan fingerprint density at radius 1 is 1.58 bits per heavy atom. The summed E-state index contributed by atoms with van der Waals surface area (Å²) >= 11 is 1.81. The molecule has 4 heteroatoms. The second-order valence-electron chi connectivity index (χ2n) is 2.77. The molecular formula is C8H17NO2S. The maximum Gasteiger partial charge on any atom is 0.303 e. The van der Waals surface area contributed by atoms with E-state index < -0.39 is 5.97 Å². The van der Waals surface area contributed by atoms with Crippen molar-refractivity contribution in [3.05, 3.63) is 0 Å². The van der Waals surface area contributed by atoms with Crippen LogP contribution in [0.3, 0.4) is 0 Å². The van der Waals surface area contributed by atoms with E-state index >= 15 is 0 Å². The summed E-state index contributed by atoms with van der Waals surface area (Å²) in [7, 11) is 0. The lowest BCUT2D eigenvalue weighted by Crippen LogP contribution is -2.13. The average molecular weight is 191 g/mol. The number of carbonyl (C=O) groups is 1. The summed E-state index contributed by atoms with van der Waals surface area (Å²) in [5.74, 6) is 0.318. The second-order valence-corrected chi connectivity index (χ2v) is 4.31. The SMILES string of the molecule is CC(CN)SCCCCC(=O)O. The van der Waals surface area contributed by atoms with Crippen molar-refractivity contribution in [1.82, 2.24) is 0 Å². The molecular weight excluding hydrogens is 174 g/mol. The summed E-state index contributed by atoms with van der Waals surface area (Å²) in [5, 5.41) is 8.84. The van der Waals surface area contributed by atoms with Gasteiger partial charge in [0, 0.05) is 18.2 Å². The van der Waals surface area contributed by atoms with Gasteiger partial charge in [0.05, 0.1) is 0 Å². The van der Waals surface area contributed by atoms with Crippen molar-refractivity contribution in [3.8, 4) is 0 Å². The van der Waals surface area contributed by atoms with Gasteiger partial charge in [0.15, 0.2) is 0 Å². The van der Waals surface area contributed by atoms with Crippen LogP contribution in [0.1, 0.15) is 26.2 Å². The highest BCUT2D eigenvalue weighted by Gasteiger charge is 2.00. The summed E-state index contributed by atoms with van der Waals surface area (Å²) < 4.78 is 0. The molecule has 0 aromatic rings. The zero-order valence-corrected chi connectivity index (χ0v) is 8.27. The van der Waals surface area contributed by atoms with Crippen molar-refractivity contribution in [2.75, 3.05) is 12.3 Å². The largest absolute Gasteiger partial charge is 0.481 e. The monoisotopic (exact) mass is 191 g/mol. The molecule has 0 radical (unpaired) electrons. The highest BCUT2D eigenvalue weighted by molar-refractivity contribution is 7.99. The van der Waals surface area contributed by atoms with Gasteiger partial charge in [0.25, 0.3) is 0 Å². The number of carboxylic acids is 1. The Hall–Kier alpha value is -0.220. The van der Waals surface area contributed by atoms with Crippen molar-refractivity contribution in [1.29, 1.82) is 0 Å². The normalized spacial score (nSPS) is 12.8. The zero-order chi connectivity index (χ0) is 9.40. The Labute approximate surface area is 77.7 Å². The van der Waals surface area contributed by atoms with E-state index in [2.05, 4.69) is 6.92 Å². The van der Waals surface area contributed by atoms with Crippen molar-refractivity contribution < 1.29 is 9.90 Å². The van der Waals surface area contributed by atoms with Crippen LogP contribution in [-0.4, -0.2) is 28.6 Å². The Kier molecular flexibility index (Phi) is 7.29. The van der Waals surface area contributed by atoms with Crippen molar-refractivity contribution in [2.45, 2.75) is 31.4 Å². The summed E-state index contributed by atoms with van der Waals surface area (Å²) in [6, 6.07) is 0. The average Bonchev–Trinajstić information content (AvgIpc) is 2.03. The molecule has 1 atom stereocenters. The molecule has 0 saturated heterocycles. The number of carboxylic acid groups (broad SMARTS) is 1. The highest BCUT2D eigenvalue weighted by atomic mass is 32.2. The van der Waals surface area contributed by atoms with Gasteiger partial charge in [-0.3, -0.25) is 4.79 Å². The fourth-order valence-corrected chi connectivity index (χ4v) is 1.64. The molecule has 0 amide bonds. The first-order valence-corrected chi connectivity index (χ1v) is 5.25. The number of hydrogen-bond donors (Lipinski definition) is 2. The second kappa shape index (κ2) is 7.43. The number of thioether (sulfide) groups is 1. The molecule has 0 aliphatic carbocycles. The lowest BCUT2D eigenvalue weighted by molar-refractivity contribution is -0.137. The van der Waals surface area contributed by atoms with E-state index in [-0.39, 0.29) is 6.42 Å². The van der Waals surface area contributed by atoms with E-state index in [0.717, 1.165) is 18.6 Å². The van der Waals surface area contributed by atoms with Crippen LogP contribution >= 0.6 is 11.8 Å². The molecule has 1 unspecified atom stereocenters. The van der Waals surface area contributed by atoms with E-state index in [4.69, 9.17) is 10.8 Å². The molecule has 0 bridgehead atoms. The molecule has 0 fully saturated rings. The van der Waals surface area contributed by atoms with Crippen LogP contribution in [0.4, 0.5) is 0 Å². The third kappa shape index (κ3) is 7.88. The number of nitrogens with two attached hydrogens (primary N) is 1. The van der Waals surface area contributed by atoms with Crippen molar-refractivity contribution in [2.24, 2.45) is 5.73 Å². The predicted octanol–water partition coefficient (Wildman–Crippen LogP) is 1.32. The fraction of sp³-hybridized carbons (Fsp3) is 0.875. The topological polar surface area (TPSA) is 63.3 Å². The molecule has 0 spiro atoms. The first-order chi connectivity index (χ1) is 5.66. The van der Waals surface area contributed by atoms with Crippen LogP contribution in [0.15, 0.2) is 0 Å². The van der Waals surface area contributed by atoms with Crippen molar-refractivity contribution in [3.63, 3.8) is 0 Å². The first-order valence-electron chi connectivity index (χ1n) is 4.20. The van der Waals surface area contributed by atoms with Gasteiger partial charge in [0.1, 0.15) is 0 Å². The molecule has 0 saturated carbocycles. The molecule has 0 aromatic heterocycles. The van der Waals surface area contributed by atoms with Gasteiger partial charge in [0.2, 0.25) is 0 Å². The minimum Gasteiger partial charge on any atom is -0.481 e. The zero-order valence-electron chi connectivity index (χ0n) is 7.45. The molecule has 3 N–H and O–H groups in total. The standard InChI is InChI=1S/C8H17NO2S/c1-7(6-9)12-5-3-2-4-8(10)11/h7H,2-6,9H2,1H3,(H,10,11). The molecule has 0 aromatic carbocycles. The van der Waals surface area contributed by atoms with Gasteiger partial charge < -0.3 is 10.8 Å². The van der Waals surface area contributed by atoms with Gasteiger partial charge >= 0.3 is 5.97 Å². The van der Waals surface area contributed by atoms with Crippen molar-refractivity contribution >= 4 is 17.7 Å². The van der Waals surface area contributed by atoms with Crippen LogP contribution in [0.5, 0.6) is 0 Å². The van der Waals surface area contributed by atoms with Crippen LogP contribution in [0, 0.1) is 0 Å². The van der Waals surface area contributed by atoms with Gasteiger partial charge in [-0.2, -0.15) is 11.8 Å². The molecule has 0 aliphatic heterocycles. The van der Waals surface area contributed by atoms with E-state index in [1.54, 1.807) is 0 Å². The highest BCUT2D eigenvalue weighted by Crippen LogP contribution is 2.11. The van der Waals surface area contributed by atoms with Crippen LogP contribution in [0.25, 0.3) is 0 Å². The molecule has 12 heavy (non-hydrogen) atoms. The number of rotatable bonds is 7. The summed E-state index contributed by atoms with van der Waals surface area (Å²) in [6.45, 7) is 2.78. The number of unbranched alkanes of at least 4 members (excludes halogenated alkanes) is 1. The maximum atomic E-state index is 10.1. The summed E-state index contributed by atoms with van der Waals surface area (Å²) in [4.78, 5) is 10.1. The minimum absolute atomic E-state index is 0.289. The maximum absolute atomic E-state index is 10.1. The Morgan fingerprint density at radius 3 is 2.75 bits per heavy atom. The molecule has 72 valence electrons. The van der Waals surface area contributed by atoms with E-state index in [1.165, 1.54) is 0 Å². The van der Waals surface area contributed by atoms with Crippen LogP contribution in [0.2, 0.25) is 0 Å². The first kappa shape index (κ1) is 11.8. The van der Waals surface area contributed by atoms with Crippen LogP contribution < -0.4 is 5.73 Å². The lowest BCUT2D eigenvalue weighted by atomic mass is 10.2. The Morgan fingerprint density at radius 2 is 2.25 bits per heavy atom. The van der Waals surface area contributed by atoms with Gasteiger partial charge in [-0.05, 0) is 18.6 Å². The predicted molar refractivity (Wildman–Crippen MR) is 52.5 cm³/mol. The van der Waals surface area contributed by atoms with Gasteiger partial charge in [-0.15, -0.1) is 0 Å². The number of aliphatic carboxylic acids is 1. The fourth-order valence-electron chi connectivity index (χ4n) is 0.731. The molecule has 0 rings (SSSR count). The van der Waals surface area contributed by atoms with Crippen LogP contribution in [-0.2, 0) is 4.79 Å². The molecule has 0 aliphatic rings. The quantitative estimate of drug-likeness (QED) is 0.596. The van der Waals surface area contributed by atoms with E-state index in [1.807, 2.05) is 11.8 Å². The Bertz CT molecular complexity index is 130. The summed E-state index contributed by atoms with van der Waals surface area (Å²) in [6.07, 6.45) is 2.04. The number of hydrogen-bond acceptors (Lipinski definition) is 3. The lowest BCUT2D eigenvalue weighted by Gasteiger charge is -2.06. The van der Waals surface area contributed by atoms with Gasteiger partial charge in [-0.1, -0.05) is 6.92 Å². The Balaban J connectivity index is 3.05. The van der Waals surface area contributed by atoms with E-state index in [0.29, 0.717) is 11.8 Å². The van der Waals surface area contributed by atoms with E-state index in [9.17, 15) is 4.79 Å². The summed E-state index contributed by atoms with van der Waals surface area (Å²) in [5.41, 5.74) is 5.42. The smallest absolute Gasteiger partial charge is 0.303 e. The third-order valence-electron chi connectivity index (χ3n) is 1.52. The molecule has 3 nitrogen and oxygen atoms in total. The third-order valence-corrected chi connectivity index (χ3v) is 2.81.